The molecule has 458 valence electrons. The number of nitrogens with two attached hydrogens (primary N) is 1. The second-order valence-corrected chi connectivity index (χ2v) is 23.1. The molecule has 15 nitrogen and oxygen atoms in total. The molecule has 2 bridgehead atoms. The highest BCUT2D eigenvalue weighted by Crippen LogP contribution is 2.42. The predicted molar refractivity (Wildman–Crippen MR) is 311 cm³/mol. The second kappa shape index (κ2) is 29.3. The summed E-state index contributed by atoms with van der Waals surface area (Å²) in [5.74, 6) is -5.44. The SMILES string of the molecule is C=C/C(F)=c1/sc(N)c(C#N)/c1=C(/C)c1c(C(F)(F)F)cc2c(N3CC4CCC(C3)N4)nc(OC)nc2c1F.CC(C)C.C[C@H](NC(=O)[C@@H]1CCCN1C(=O)CNC(=O)CCOCCCN1CCCC1)c1ccc(-c2c(F)ccc(F)c2F)cc1. The molecule has 3 aromatic carbocycles. The summed E-state index contributed by atoms with van der Waals surface area (Å²) in [7, 11) is 1.28. The van der Waals surface area contributed by atoms with Crippen LogP contribution in [0, 0.1) is 40.5 Å². The van der Waals surface area contributed by atoms with Gasteiger partial charge in [-0.25, -0.2) is 22.0 Å². The van der Waals surface area contributed by atoms with Crippen LogP contribution in [0.5, 0.6) is 6.01 Å². The van der Waals surface area contributed by atoms with Crippen LogP contribution in [0.2, 0.25) is 0 Å². The van der Waals surface area contributed by atoms with E-state index in [1.165, 1.54) is 43.9 Å². The van der Waals surface area contributed by atoms with E-state index < -0.39 is 64.0 Å². The van der Waals surface area contributed by atoms with Crippen molar-refractivity contribution in [1.29, 1.82) is 5.26 Å². The topological polar surface area (TPSA) is 191 Å². The zero-order chi connectivity index (χ0) is 61.9. The number of rotatable bonds is 17. The van der Waals surface area contributed by atoms with Crippen molar-refractivity contribution in [3.63, 3.8) is 0 Å². The Morgan fingerprint density at radius 1 is 0.941 bits per heavy atom. The number of alkyl halides is 3. The molecule has 85 heavy (non-hydrogen) atoms. The standard InChI is InChI=1S/C31H39F3N4O4.C26H23F5N6OS.C4H10/c1-21(22-7-9-23(10-8-22)29-24(32)11-12-25(33)30(29)34)36-31(41)26-6-4-17-38(26)28(40)20-35-27(39)13-19-42-18-5-16-37-14-2-3-15-37;1-4-17(27)22-18(15(8-32)23(33)39-22)11(2)19-16(26(29,30)31)7-14-21(20(19)28)35-25(38-3)36-24(14)37-9-12-5-6-13(10-37)34-12;1-4(2)3/h7-12,21,26H,2-6,13-20H2,1H3,(H,35,39)(H,36,41);4,7,12-13,34H,1,5-6,9-10,33H2,2-3H3;4H,1-3H3/b;18-11+,22-17-;/t21-,26-;;/m0../s1. The van der Waals surface area contributed by atoms with Gasteiger partial charge in [-0.1, -0.05) is 51.6 Å². The first-order valence-corrected chi connectivity index (χ1v) is 29.2. The number of ether oxygens (including phenoxy) is 2. The number of nitrogens with one attached hydrogen (secondary N) is 3. The average molecular weight is 1210 g/mol. The Kier molecular flexibility index (Phi) is 22.5. The Labute approximate surface area is 492 Å². The summed E-state index contributed by atoms with van der Waals surface area (Å²) in [5.41, 5.74) is 3.14. The molecule has 5 aromatic rings. The molecule has 2 unspecified atom stereocenters. The lowest BCUT2D eigenvalue weighted by Crippen LogP contribution is -2.51. The fourth-order valence-electron chi connectivity index (χ4n) is 10.9. The number of halogens is 8. The number of thiophene rings is 1. The van der Waals surface area contributed by atoms with Gasteiger partial charge in [-0.2, -0.15) is 28.4 Å². The number of amides is 3. The number of hydrogen-bond acceptors (Lipinski definition) is 13. The van der Waals surface area contributed by atoms with E-state index in [1.807, 2.05) is 4.90 Å². The van der Waals surface area contributed by atoms with Crippen LogP contribution < -0.4 is 41.1 Å². The molecular formula is C61H72F8N10O5S. The van der Waals surface area contributed by atoms with Gasteiger partial charge in [-0.05, 0) is 119 Å². The summed E-state index contributed by atoms with van der Waals surface area (Å²) >= 11 is 0.667. The normalized spacial score (nSPS) is 18.7. The Morgan fingerprint density at radius 2 is 1.60 bits per heavy atom. The molecule has 5 N–H and O–H groups in total. The monoisotopic (exact) mass is 1210 g/mol. The minimum absolute atomic E-state index is 0.117. The van der Waals surface area contributed by atoms with Gasteiger partial charge in [0.2, 0.25) is 17.7 Å². The zero-order valence-electron chi connectivity index (χ0n) is 48.5. The van der Waals surface area contributed by atoms with Crippen molar-refractivity contribution in [1.82, 2.24) is 35.7 Å². The van der Waals surface area contributed by atoms with Crippen LogP contribution in [0.3, 0.4) is 0 Å². The van der Waals surface area contributed by atoms with Gasteiger partial charge in [0.05, 0.1) is 47.5 Å². The van der Waals surface area contributed by atoms with Crippen LogP contribution in [0.25, 0.3) is 33.4 Å². The second-order valence-electron chi connectivity index (χ2n) is 22.0. The summed E-state index contributed by atoms with van der Waals surface area (Å²) in [6.45, 7) is 18.2. The van der Waals surface area contributed by atoms with Crippen LogP contribution in [-0.2, 0) is 25.3 Å². The number of likely N-dealkylation sites (tertiary alicyclic amines) is 2. The molecule has 0 saturated carbocycles. The third kappa shape index (κ3) is 16.0. The fourth-order valence-corrected chi connectivity index (χ4v) is 11.9. The maximum Gasteiger partial charge on any atom is 0.417 e. The van der Waals surface area contributed by atoms with Crippen molar-refractivity contribution < 1.29 is 59.0 Å². The van der Waals surface area contributed by atoms with Gasteiger partial charge in [0, 0.05) is 67.5 Å². The van der Waals surface area contributed by atoms with Crippen molar-refractivity contribution in [2.24, 2.45) is 5.92 Å². The van der Waals surface area contributed by atoms with E-state index in [1.54, 1.807) is 25.1 Å². The lowest BCUT2D eigenvalue weighted by molar-refractivity contribution is -0.139. The molecule has 0 spiro atoms. The molecule has 4 fully saturated rings. The van der Waals surface area contributed by atoms with Crippen LogP contribution in [-0.4, -0.2) is 122 Å². The van der Waals surface area contributed by atoms with E-state index >= 15 is 4.39 Å². The van der Waals surface area contributed by atoms with Crippen LogP contribution >= 0.6 is 11.3 Å². The third-order valence-electron chi connectivity index (χ3n) is 14.9. The molecule has 24 heteroatoms. The van der Waals surface area contributed by atoms with Crippen molar-refractivity contribution >= 4 is 62.2 Å². The van der Waals surface area contributed by atoms with Crippen molar-refractivity contribution in [3.8, 4) is 23.2 Å². The molecule has 4 saturated heterocycles. The highest BCUT2D eigenvalue weighted by molar-refractivity contribution is 7.14. The van der Waals surface area contributed by atoms with Gasteiger partial charge in [-0.3, -0.25) is 14.4 Å². The van der Waals surface area contributed by atoms with Gasteiger partial charge < -0.3 is 45.9 Å². The first-order valence-electron chi connectivity index (χ1n) is 28.3. The van der Waals surface area contributed by atoms with Crippen LogP contribution in [0.4, 0.5) is 45.9 Å². The van der Waals surface area contributed by atoms with Gasteiger partial charge in [0.25, 0.3) is 0 Å². The number of benzene rings is 3. The van der Waals surface area contributed by atoms with E-state index in [9.17, 15) is 50.4 Å². The summed E-state index contributed by atoms with van der Waals surface area (Å²) in [5, 5.41) is 18.1. The zero-order valence-corrected chi connectivity index (χ0v) is 49.3. The van der Waals surface area contributed by atoms with E-state index in [2.05, 4.69) is 58.2 Å². The Morgan fingerprint density at radius 3 is 2.22 bits per heavy atom. The van der Waals surface area contributed by atoms with E-state index in [0.717, 1.165) is 69.1 Å². The molecular weight excluding hydrogens is 1140 g/mol. The molecule has 0 radical (unpaired) electrons. The number of piperazine rings is 1. The third-order valence-corrected chi connectivity index (χ3v) is 16.0. The van der Waals surface area contributed by atoms with Crippen LogP contribution in [0.15, 0.2) is 55.1 Å². The lowest BCUT2D eigenvalue weighted by atomic mass is 9.94. The van der Waals surface area contributed by atoms with Crippen molar-refractivity contribution in [3.05, 3.63) is 110 Å². The summed E-state index contributed by atoms with van der Waals surface area (Å²) in [4.78, 5) is 52.2. The molecule has 4 aliphatic rings. The number of fused-ring (bicyclic) bond motifs is 3. The number of nitrogens with zero attached hydrogens (tertiary/aromatic N) is 6. The number of methoxy groups -OCH3 is 1. The maximum atomic E-state index is 16.4. The number of anilines is 2. The van der Waals surface area contributed by atoms with E-state index in [4.69, 9.17) is 15.2 Å². The first-order chi connectivity index (χ1) is 40.4. The smallest absolute Gasteiger partial charge is 0.417 e. The number of nitrogen functional groups attached to an aromatic ring is 1. The first kappa shape index (κ1) is 65.3. The number of carbonyl (C=O) groups is 3. The molecule has 3 amide bonds. The highest BCUT2D eigenvalue weighted by Gasteiger charge is 2.40. The fraction of sp³-hybridized carbons (Fsp3) is 0.475. The minimum Gasteiger partial charge on any atom is -0.467 e. The van der Waals surface area contributed by atoms with Crippen molar-refractivity contribution in [2.45, 2.75) is 116 Å². The molecule has 9 rings (SSSR count). The largest absolute Gasteiger partial charge is 0.467 e. The lowest BCUT2D eigenvalue weighted by Gasteiger charge is -2.34. The van der Waals surface area contributed by atoms with Crippen LogP contribution in [0.1, 0.15) is 114 Å². The average Bonchev–Trinajstić information content (AvgIpc) is 2.84. The molecule has 4 atom stereocenters. The Balaban J connectivity index is 0.000000230. The van der Waals surface area contributed by atoms with Gasteiger partial charge in [0.1, 0.15) is 40.1 Å². The predicted octanol–water partition coefficient (Wildman–Crippen LogP) is 9.35. The summed E-state index contributed by atoms with van der Waals surface area (Å²) in [6, 6.07) is 9.29. The van der Waals surface area contributed by atoms with Crippen molar-refractivity contribution in [2.75, 3.05) is 76.8 Å². The Hall–Kier alpha value is -7.20. The van der Waals surface area contributed by atoms with E-state index in [-0.39, 0.29) is 97.0 Å². The molecule has 2 aromatic heterocycles. The summed E-state index contributed by atoms with van der Waals surface area (Å²) in [6.07, 6.45) is 2.41. The van der Waals surface area contributed by atoms with Gasteiger partial charge in [0.15, 0.2) is 17.5 Å². The molecule has 0 aliphatic carbocycles. The molecule has 4 aliphatic heterocycles. The van der Waals surface area contributed by atoms with Gasteiger partial charge >= 0.3 is 12.2 Å². The quantitative estimate of drug-likeness (QED) is 0.0393. The Bertz CT molecular complexity index is 3390. The van der Waals surface area contributed by atoms with E-state index in [0.29, 0.717) is 62.6 Å². The number of carbonyl (C=O) groups excluding carboxylic acids is 3. The number of allylic oxidation sites excluding steroid dienone is 1. The minimum atomic E-state index is -5.01. The number of hydrogen-bond donors (Lipinski definition) is 4. The maximum absolute atomic E-state index is 16.4. The number of aromatic nitrogens is 2. The highest BCUT2D eigenvalue weighted by atomic mass is 32.1. The van der Waals surface area contributed by atoms with Gasteiger partial charge in [-0.15, -0.1) is 11.3 Å². The number of nitriles is 1. The summed E-state index contributed by atoms with van der Waals surface area (Å²) < 4.78 is 127. The molecule has 6 heterocycles.